The highest BCUT2D eigenvalue weighted by Crippen LogP contribution is 2.32. The van der Waals surface area contributed by atoms with E-state index in [2.05, 4.69) is 5.32 Å². The van der Waals surface area contributed by atoms with Gasteiger partial charge in [0.15, 0.2) is 0 Å². The van der Waals surface area contributed by atoms with Crippen molar-refractivity contribution in [2.24, 2.45) is 5.92 Å². The Morgan fingerprint density at radius 1 is 1.13 bits per heavy atom. The monoisotopic (exact) mass is 405 g/mol. The topological polar surface area (TPSA) is 95.7 Å². The van der Waals surface area contributed by atoms with E-state index in [9.17, 15) is 20.0 Å². The molecule has 3 aromatic rings. The van der Waals surface area contributed by atoms with Gasteiger partial charge in [-0.1, -0.05) is 30.3 Å². The van der Waals surface area contributed by atoms with Crippen LogP contribution in [0.3, 0.4) is 0 Å². The minimum Gasteiger partial charge on any atom is -0.396 e. The third-order valence-corrected chi connectivity index (χ3v) is 5.56. The fourth-order valence-electron chi connectivity index (χ4n) is 3.98. The molecule has 1 aliphatic rings. The SMILES string of the molecule is O=C(Nc1ccc2ccccc2c1)c1ccc(N2CCC[C@H](CO)C2)c([N+](=O)[O-])c1. The molecule has 1 aliphatic heterocycles. The predicted molar refractivity (Wildman–Crippen MR) is 117 cm³/mol. The van der Waals surface area contributed by atoms with Gasteiger partial charge in [0.05, 0.1) is 4.92 Å². The lowest BCUT2D eigenvalue weighted by Crippen LogP contribution is -2.37. The van der Waals surface area contributed by atoms with Crippen LogP contribution in [0.4, 0.5) is 17.1 Å². The summed E-state index contributed by atoms with van der Waals surface area (Å²) < 4.78 is 0. The van der Waals surface area contributed by atoms with Crippen LogP contribution in [0.2, 0.25) is 0 Å². The Morgan fingerprint density at radius 2 is 1.93 bits per heavy atom. The fraction of sp³-hybridized carbons (Fsp3) is 0.261. The second kappa shape index (κ2) is 8.51. The van der Waals surface area contributed by atoms with Crippen LogP contribution in [0.15, 0.2) is 60.7 Å². The molecule has 7 heteroatoms. The molecule has 3 aromatic carbocycles. The van der Waals surface area contributed by atoms with E-state index in [1.807, 2.05) is 47.4 Å². The van der Waals surface area contributed by atoms with Crippen LogP contribution in [0.1, 0.15) is 23.2 Å². The Morgan fingerprint density at radius 3 is 2.70 bits per heavy atom. The number of amides is 1. The number of piperidine rings is 1. The second-order valence-corrected chi connectivity index (χ2v) is 7.61. The highest BCUT2D eigenvalue weighted by Gasteiger charge is 2.26. The van der Waals surface area contributed by atoms with Gasteiger partial charge >= 0.3 is 0 Å². The number of nitrogens with zero attached hydrogens (tertiary/aromatic N) is 2. The van der Waals surface area contributed by atoms with Crippen LogP contribution >= 0.6 is 0 Å². The number of aliphatic hydroxyl groups is 1. The molecular weight excluding hydrogens is 382 g/mol. The first kappa shape index (κ1) is 19.8. The number of nitro groups is 1. The number of aliphatic hydroxyl groups excluding tert-OH is 1. The normalized spacial score (nSPS) is 16.4. The van der Waals surface area contributed by atoms with Gasteiger partial charge in [-0.2, -0.15) is 0 Å². The molecular formula is C23H23N3O4. The van der Waals surface area contributed by atoms with Crippen LogP contribution in [0.5, 0.6) is 0 Å². The number of hydrogen-bond donors (Lipinski definition) is 2. The zero-order valence-corrected chi connectivity index (χ0v) is 16.5. The van der Waals surface area contributed by atoms with Crippen molar-refractivity contribution < 1.29 is 14.8 Å². The average molecular weight is 405 g/mol. The third kappa shape index (κ3) is 4.11. The molecule has 1 amide bonds. The lowest BCUT2D eigenvalue weighted by Gasteiger charge is -2.33. The van der Waals surface area contributed by atoms with Crippen molar-refractivity contribution in [3.63, 3.8) is 0 Å². The molecule has 0 spiro atoms. The number of carbonyl (C=O) groups excluding carboxylic acids is 1. The van der Waals surface area contributed by atoms with Gasteiger partial charge in [-0.3, -0.25) is 14.9 Å². The Balaban J connectivity index is 1.58. The van der Waals surface area contributed by atoms with Gasteiger partial charge in [-0.15, -0.1) is 0 Å². The average Bonchev–Trinajstić information content (AvgIpc) is 2.78. The van der Waals surface area contributed by atoms with Crippen LogP contribution in [0, 0.1) is 16.0 Å². The molecule has 0 aromatic heterocycles. The van der Waals surface area contributed by atoms with E-state index >= 15 is 0 Å². The van der Waals surface area contributed by atoms with Crippen LogP contribution < -0.4 is 10.2 Å². The second-order valence-electron chi connectivity index (χ2n) is 7.61. The van der Waals surface area contributed by atoms with Crippen molar-refractivity contribution in [1.29, 1.82) is 0 Å². The smallest absolute Gasteiger partial charge is 0.293 e. The van der Waals surface area contributed by atoms with Crippen LogP contribution in [-0.4, -0.2) is 35.6 Å². The van der Waals surface area contributed by atoms with Crippen molar-refractivity contribution in [3.8, 4) is 0 Å². The lowest BCUT2D eigenvalue weighted by molar-refractivity contribution is -0.384. The summed E-state index contributed by atoms with van der Waals surface area (Å²) in [5.41, 5.74) is 1.25. The number of anilines is 2. The van der Waals surface area contributed by atoms with Crippen molar-refractivity contribution in [1.82, 2.24) is 0 Å². The number of nitro benzene ring substituents is 1. The highest BCUT2D eigenvalue weighted by molar-refractivity contribution is 6.06. The molecule has 2 N–H and O–H groups in total. The number of rotatable bonds is 5. The summed E-state index contributed by atoms with van der Waals surface area (Å²) in [7, 11) is 0. The first-order valence-corrected chi connectivity index (χ1v) is 9.99. The summed E-state index contributed by atoms with van der Waals surface area (Å²) in [6, 6.07) is 18.0. The summed E-state index contributed by atoms with van der Waals surface area (Å²) in [6.45, 7) is 1.33. The number of carbonyl (C=O) groups is 1. The molecule has 1 atom stereocenters. The zero-order chi connectivity index (χ0) is 21.1. The lowest BCUT2D eigenvalue weighted by atomic mass is 9.98. The molecule has 1 fully saturated rings. The van der Waals surface area contributed by atoms with Gasteiger partial charge < -0.3 is 15.3 Å². The van der Waals surface area contributed by atoms with Gasteiger partial charge in [0.1, 0.15) is 5.69 Å². The summed E-state index contributed by atoms with van der Waals surface area (Å²) in [5.74, 6) is -0.291. The quantitative estimate of drug-likeness (QED) is 0.490. The molecule has 0 bridgehead atoms. The van der Waals surface area contributed by atoms with Crippen LogP contribution in [0.25, 0.3) is 10.8 Å². The van der Waals surface area contributed by atoms with E-state index < -0.39 is 10.8 Å². The molecule has 154 valence electrons. The Kier molecular flexibility index (Phi) is 5.63. The Hall–Kier alpha value is -3.45. The van der Waals surface area contributed by atoms with Gasteiger partial charge in [-0.25, -0.2) is 0 Å². The number of fused-ring (bicyclic) bond motifs is 1. The molecule has 30 heavy (non-hydrogen) atoms. The first-order valence-electron chi connectivity index (χ1n) is 9.99. The Labute approximate surface area is 174 Å². The van der Waals surface area contributed by atoms with E-state index in [0.29, 0.717) is 24.5 Å². The minimum atomic E-state index is -0.454. The van der Waals surface area contributed by atoms with Crippen molar-refractivity contribution in [3.05, 3.63) is 76.3 Å². The van der Waals surface area contributed by atoms with Crippen molar-refractivity contribution in [2.45, 2.75) is 12.8 Å². The summed E-state index contributed by atoms with van der Waals surface area (Å²) in [6.07, 6.45) is 1.78. The molecule has 1 heterocycles. The molecule has 0 saturated carbocycles. The predicted octanol–water partition coefficient (Wildman–Crippen LogP) is 4.21. The van der Waals surface area contributed by atoms with E-state index in [0.717, 1.165) is 23.6 Å². The van der Waals surface area contributed by atoms with E-state index in [1.165, 1.54) is 6.07 Å². The van der Waals surface area contributed by atoms with E-state index in [-0.39, 0.29) is 23.8 Å². The third-order valence-electron chi connectivity index (χ3n) is 5.56. The summed E-state index contributed by atoms with van der Waals surface area (Å²) in [4.78, 5) is 25.9. The fourth-order valence-corrected chi connectivity index (χ4v) is 3.98. The van der Waals surface area contributed by atoms with Crippen molar-refractivity contribution in [2.75, 3.05) is 29.9 Å². The molecule has 0 aliphatic carbocycles. The van der Waals surface area contributed by atoms with Gasteiger partial charge in [0.25, 0.3) is 11.6 Å². The zero-order valence-electron chi connectivity index (χ0n) is 16.5. The minimum absolute atomic E-state index is 0.0660. The standard InChI is InChI=1S/C23H23N3O4/c27-15-16-4-3-11-25(14-16)21-10-8-19(13-22(21)26(29)30)23(28)24-20-9-7-17-5-1-2-6-18(17)12-20/h1-2,5-10,12-13,16,27H,3-4,11,14-15H2,(H,24,28)/t16-/m0/s1. The van der Waals surface area contributed by atoms with Crippen LogP contribution in [-0.2, 0) is 0 Å². The van der Waals surface area contributed by atoms with E-state index in [4.69, 9.17) is 0 Å². The first-order chi connectivity index (χ1) is 14.5. The molecule has 0 unspecified atom stereocenters. The molecule has 7 nitrogen and oxygen atoms in total. The molecule has 1 saturated heterocycles. The van der Waals surface area contributed by atoms with Gasteiger partial charge in [0, 0.05) is 37.0 Å². The van der Waals surface area contributed by atoms with Crippen molar-refractivity contribution >= 4 is 33.7 Å². The number of nitrogens with one attached hydrogen (secondary N) is 1. The highest BCUT2D eigenvalue weighted by atomic mass is 16.6. The largest absolute Gasteiger partial charge is 0.396 e. The summed E-state index contributed by atoms with van der Waals surface area (Å²) >= 11 is 0. The Bertz CT molecular complexity index is 1100. The molecule has 4 rings (SSSR count). The number of benzene rings is 3. The van der Waals surface area contributed by atoms with Gasteiger partial charge in [0.2, 0.25) is 0 Å². The van der Waals surface area contributed by atoms with E-state index in [1.54, 1.807) is 12.1 Å². The molecule has 0 radical (unpaired) electrons. The maximum atomic E-state index is 12.7. The maximum Gasteiger partial charge on any atom is 0.293 e. The maximum absolute atomic E-state index is 12.7. The summed E-state index contributed by atoms with van der Waals surface area (Å²) in [5, 5.41) is 26.0. The number of hydrogen-bond acceptors (Lipinski definition) is 5. The van der Waals surface area contributed by atoms with Gasteiger partial charge in [-0.05, 0) is 53.8 Å².